The summed E-state index contributed by atoms with van der Waals surface area (Å²) in [5, 5.41) is 7.87. The van der Waals surface area contributed by atoms with Crippen LogP contribution in [0.2, 0.25) is 5.02 Å². The summed E-state index contributed by atoms with van der Waals surface area (Å²) in [5.41, 5.74) is 6.58. The summed E-state index contributed by atoms with van der Waals surface area (Å²) >= 11 is 6.02. The van der Waals surface area contributed by atoms with E-state index >= 15 is 0 Å². The Morgan fingerprint density at radius 1 is 1.39 bits per heavy atom. The Hall–Kier alpha value is -1.56. The predicted molar refractivity (Wildman–Crippen MR) is 94.3 cm³/mol. The lowest BCUT2D eigenvalue weighted by Gasteiger charge is -2.17. The summed E-state index contributed by atoms with van der Waals surface area (Å²) in [6.07, 6.45) is 4.65. The van der Waals surface area contributed by atoms with Crippen molar-refractivity contribution in [2.75, 3.05) is 11.9 Å². The fraction of sp³-hybridized carbons (Fsp3) is 0.375. The molecule has 0 unspecified atom stereocenters. The van der Waals surface area contributed by atoms with Gasteiger partial charge in [0.1, 0.15) is 5.82 Å². The molecule has 3 rings (SSSR count). The molecule has 23 heavy (non-hydrogen) atoms. The molecule has 0 radical (unpaired) electrons. The van der Waals surface area contributed by atoms with Crippen LogP contribution < -0.4 is 11.1 Å². The van der Waals surface area contributed by atoms with Gasteiger partial charge >= 0.3 is 0 Å². The Morgan fingerprint density at radius 3 is 2.96 bits per heavy atom. The van der Waals surface area contributed by atoms with Gasteiger partial charge in [0.2, 0.25) is 5.91 Å². The van der Waals surface area contributed by atoms with Gasteiger partial charge in [0.15, 0.2) is 0 Å². The van der Waals surface area contributed by atoms with Crippen LogP contribution in [0.4, 0.5) is 5.82 Å². The second kappa shape index (κ2) is 7.81. The zero-order valence-electron chi connectivity index (χ0n) is 12.6. The number of nitrogens with one attached hydrogen (secondary N) is 1. The summed E-state index contributed by atoms with van der Waals surface area (Å²) in [6.45, 7) is 0.561. The van der Waals surface area contributed by atoms with Crippen molar-refractivity contribution in [3.8, 4) is 5.69 Å². The third kappa shape index (κ3) is 3.86. The average Bonchev–Trinajstić information content (AvgIpc) is 3.15. The Morgan fingerprint density at radius 2 is 2.22 bits per heavy atom. The van der Waals surface area contributed by atoms with Crippen molar-refractivity contribution in [2.24, 2.45) is 17.6 Å². The van der Waals surface area contributed by atoms with Gasteiger partial charge in [-0.2, -0.15) is 5.10 Å². The van der Waals surface area contributed by atoms with Crippen LogP contribution in [0, 0.1) is 11.8 Å². The minimum absolute atomic E-state index is 0. The molecule has 0 spiro atoms. The maximum absolute atomic E-state index is 12.5. The van der Waals surface area contributed by atoms with Gasteiger partial charge in [-0.25, -0.2) is 4.68 Å². The number of benzene rings is 1. The largest absolute Gasteiger partial charge is 0.330 e. The molecule has 0 bridgehead atoms. The minimum Gasteiger partial charge on any atom is -0.330 e. The Kier molecular flexibility index (Phi) is 6.04. The molecule has 124 valence electrons. The van der Waals surface area contributed by atoms with E-state index in [1.165, 1.54) is 0 Å². The molecule has 0 saturated heterocycles. The topological polar surface area (TPSA) is 72.9 Å². The van der Waals surface area contributed by atoms with Crippen LogP contribution in [0.5, 0.6) is 0 Å². The van der Waals surface area contributed by atoms with Gasteiger partial charge in [0.25, 0.3) is 0 Å². The van der Waals surface area contributed by atoms with Crippen molar-refractivity contribution in [3.05, 3.63) is 41.6 Å². The number of aromatic nitrogens is 2. The number of anilines is 1. The Balaban J connectivity index is 0.00000192. The third-order valence-corrected chi connectivity index (χ3v) is 4.48. The Bertz CT molecular complexity index is 674. The molecule has 1 amide bonds. The van der Waals surface area contributed by atoms with E-state index in [9.17, 15) is 4.79 Å². The fourth-order valence-electron chi connectivity index (χ4n) is 3.09. The van der Waals surface area contributed by atoms with E-state index in [0.29, 0.717) is 17.4 Å². The van der Waals surface area contributed by atoms with E-state index in [0.717, 1.165) is 24.9 Å². The van der Waals surface area contributed by atoms with Gasteiger partial charge in [0, 0.05) is 17.0 Å². The first-order chi connectivity index (χ1) is 10.7. The average molecular weight is 355 g/mol. The molecule has 7 heteroatoms. The van der Waals surface area contributed by atoms with Crippen LogP contribution in [0.15, 0.2) is 36.5 Å². The van der Waals surface area contributed by atoms with Crippen LogP contribution in [0.1, 0.15) is 19.3 Å². The van der Waals surface area contributed by atoms with E-state index in [2.05, 4.69) is 10.4 Å². The van der Waals surface area contributed by atoms with Gasteiger partial charge in [-0.15, -0.1) is 12.4 Å². The maximum Gasteiger partial charge on any atom is 0.228 e. The molecule has 2 atom stereocenters. The highest BCUT2D eigenvalue weighted by atomic mass is 35.5. The number of hydrogen-bond acceptors (Lipinski definition) is 3. The minimum atomic E-state index is -0.00675. The molecule has 1 aromatic carbocycles. The van der Waals surface area contributed by atoms with E-state index in [4.69, 9.17) is 17.3 Å². The summed E-state index contributed by atoms with van der Waals surface area (Å²) < 4.78 is 1.68. The van der Waals surface area contributed by atoms with Gasteiger partial charge < -0.3 is 11.1 Å². The monoisotopic (exact) mass is 354 g/mol. The summed E-state index contributed by atoms with van der Waals surface area (Å²) in [6, 6.07) is 9.14. The molecule has 1 aromatic heterocycles. The lowest BCUT2D eigenvalue weighted by atomic mass is 9.95. The highest BCUT2D eigenvalue weighted by Gasteiger charge is 2.32. The molecule has 3 N–H and O–H groups in total. The first-order valence-corrected chi connectivity index (χ1v) is 7.87. The summed E-state index contributed by atoms with van der Waals surface area (Å²) in [7, 11) is 0. The van der Waals surface area contributed by atoms with Gasteiger partial charge in [-0.1, -0.05) is 24.1 Å². The van der Waals surface area contributed by atoms with Crippen molar-refractivity contribution >= 4 is 35.7 Å². The van der Waals surface area contributed by atoms with Crippen LogP contribution in [0.3, 0.4) is 0 Å². The molecule has 1 aliphatic carbocycles. The molecule has 5 nitrogen and oxygen atoms in total. The zero-order chi connectivity index (χ0) is 15.5. The molecule has 0 aliphatic heterocycles. The lowest BCUT2D eigenvalue weighted by molar-refractivity contribution is -0.120. The highest BCUT2D eigenvalue weighted by molar-refractivity contribution is 6.30. The first kappa shape index (κ1) is 17.8. The van der Waals surface area contributed by atoms with Gasteiger partial charge in [-0.3, -0.25) is 4.79 Å². The van der Waals surface area contributed by atoms with Gasteiger partial charge in [-0.05, 0) is 43.5 Å². The molecule has 1 fully saturated rings. The van der Waals surface area contributed by atoms with E-state index in [1.54, 1.807) is 23.0 Å². The number of halogens is 2. The van der Waals surface area contributed by atoms with Gasteiger partial charge in [0.05, 0.1) is 11.9 Å². The highest BCUT2D eigenvalue weighted by Crippen LogP contribution is 2.32. The number of amides is 1. The van der Waals surface area contributed by atoms with Crippen molar-refractivity contribution in [2.45, 2.75) is 19.3 Å². The zero-order valence-corrected chi connectivity index (χ0v) is 14.2. The van der Waals surface area contributed by atoms with Crippen LogP contribution in [-0.2, 0) is 4.79 Å². The number of nitrogens with zero attached hydrogens (tertiary/aromatic N) is 2. The molecule has 1 aliphatic rings. The first-order valence-electron chi connectivity index (χ1n) is 7.50. The lowest BCUT2D eigenvalue weighted by Crippen LogP contribution is -2.30. The van der Waals surface area contributed by atoms with Crippen LogP contribution in [0.25, 0.3) is 5.69 Å². The van der Waals surface area contributed by atoms with Crippen molar-refractivity contribution < 1.29 is 4.79 Å². The van der Waals surface area contributed by atoms with Crippen molar-refractivity contribution in [1.29, 1.82) is 0 Å². The molecule has 2 aromatic rings. The van der Waals surface area contributed by atoms with E-state index in [-0.39, 0.29) is 30.2 Å². The van der Waals surface area contributed by atoms with Crippen LogP contribution >= 0.6 is 24.0 Å². The van der Waals surface area contributed by atoms with E-state index in [1.807, 2.05) is 18.2 Å². The Labute approximate surface area is 146 Å². The number of carbonyl (C=O) groups is 1. The summed E-state index contributed by atoms with van der Waals surface area (Å²) in [4.78, 5) is 12.5. The normalized spacial score (nSPS) is 20.1. The second-order valence-corrected chi connectivity index (χ2v) is 6.07. The fourth-order valence-corrected chi connectivity index (χ4v) is 3.28. The number of carbonyl (C=O) groups excluding carboxylic acids is 1. The van der Waals surface area contributed by atoms with E-state index < -0.39 is 0 Å². The second-order valence-electron chi connectivity index (χ2n) is 5.63. The standard InChI is InChI=1S/C16H19ClN4O.ClH/c17-12-4-2-5-13(9-12)21-15(7-8-19-21)20-16(22)14-6-1-3-11(14)10-18;/h2,4-5,7-9,11,14H,1,3,6,10,18H2,(H,20,22);1H/t11-,14-;/m1./s1. The third-order valence-electron chi connectivity index (χ3n) is 4.25. The molecule has 1 heterocycles. The number of nitrogens with two attached hydrogens (primary N) is 1. The summed E-state index contributed by atoms with van der Waals surface area (Å²) in [5.74, 6) is 0.946. The van der Waals surface area contributed by atoms with Crippen molar-refractivity contribution in [1.82, 2.24) is 9.78 Å². The van der Waals surface area contributed by atoms with Crippen molar-refractivity contribution in [3.63, 3.8) is 0 Å². The van der Waals surface area contributed by atoms with Crippen LogP contribution in [-0.4, -0.2) is 22.2 Å². The molecular formula is C16H20Cl2N4O. The predicted octanol–water partition coefficient (Wildman–Crippen LogP) is 3.26. The smallest absolute Gasteiger partial charge is 0.228 e. The molecular weight excluding hydrogens is 335 g/mol. The maximum atomic E-state index is 12.5. The number of hydrogen-bond donors (Lipinski definition) is 2. The molecule has 1 saturated carbocycles. The number of rotatable bonds is 4. The SMILES string of the molecule is Cl.NC[C@H]1CCC[C@H]1C(=O)Nc1ccnn1-c1cccc(Cl)c1. The quantitative estimate of drug-likeness (QED) is 0.884.